The average Bonchev–Trinajstić information content (AvgIpc) is 2.74. The fourth-order valence-electron chi connectivity index (χ4n) is 1.24. The van der Waals surface area contributed by atoms with Gasteiger partial charge in [0.05, 0.1) is 6.61 Å². The van der Waals surface area contributed by atoms with Gasteiger partial charge < -0.3 is 10.5 Å². The van der Waals surface area contributed by atoms with Gasteiger partial charge in [0.15, 0.2) is 11.6 Å². The SMILES string of the molecule is Nc1ncccc1OCCc1cccs1. The number of aromatic nitrogens is 1. The highest BCUT2D eigenvalue weighted by Gasteiger charge is 2.00. The van der Waals surface area contributed by atoms with Crippen LogP contribution in [0.2, 0.25) is 0 Å². The first-order valence-corrected chi connectivity index (χ1v) is 5.60. The maximum atomic E-state index is 5.65. The molecule has 0 aromatic carbocycles. The molecule has 0 atom stereocenters. The van der Waals surface area contributed by atoms with E-state index in [9.17, 15) is 0 Å². The second kappa shape index (κ2) is 4.79. The van der Waals surface area contributed by atoms with Crippen LogP contribution in [0.3, 0.4) is 0 Å². The third-order valence-electron chi connectivity index (χ3n) is 1.99. The Kier molecular flexibility index (Phi) is 3.19. The van der Waals surface area contributed by atoms with E-state index in [1.165, 1.54) is 4.88 Å². The molecule has 0 aliphatic rings. The molecule has 3 nitrogen and oxygen atoms in total. The molecule has 2 aromatic rings. The van der Waals surface area contributed by atoms with Crippen LogP contribution < -0.4 is 10.5 Å². The molecule has 0 fully saturated rings. The Hall–Kier alpha value is -1.55. The lowest BCUT2D eigenvalue weighted by molar-refractivity contribution is 0.323. The predicted molar refractivity (Wildman–Crippen MR) is 62.2 cm³/mol. The average molecular weight is 220 g/mol. The highest BCUT2D eigenvalue weighted by Crippen LogP contribution is 2.17. The summed E-state index contributed by atoms with van der Waals surface area (Å²) in [5, 5.41) is 2.06. The molecule has 4 heteroatoms. The first-order valence-electron chi connectivity index (χ1n) is 4.72. The Balaban J connectivity index is 1.86. The maximum absolute atomic E-state index is 5.65. The smallest absolute Gasteiger partial charge is 0.166 e. The van der Waals surface area contributed by atoms with Gasteiger partial charge in [0, 0.05) is 17.5 Å². The molecular formula is C11H12N2OS. The second-order valence-corrected chi connectivity index (χ2v) is 4.10. The summed E-state index contributed by atoms with van der Waals surface area (Å²) >= 11 is 1.74. The molecule has 0 saturated carbocycles. The van der Waals surface area contributed by atoms with Gasteiger partial charge in [-0.2, -0.15) is 0 Å². The van der Waals surface area contributed by atoms with Gasteiger partial charge in [-0.1, -0.05) is 6.07 Å². The molecule has 78 valence electrons. The minimum atomic E-state index is 0.448. The highest BCUT2D eigenvalue weighted by molar-refractivity contribution is 7.09. The number of anilines is 1. The van der Waals surface area contributed by atoms with Gasteiger partial charge in [-0.15, -0.1) is 11.3 Å². The first kappa shape index (κ1) is 9.98. The lowest BCUT2D eigenvalue weighted by atomic mass is 10.3. The second-order valence-electron chi connectivity index (χ2n) is 3.06. The summed E-state index contributed by atoms with van der Waals surface area (Å²) in [4.78, 5) is 5.27. The molecule has 0 aliphatic carbocycles. The molecule has 0 amide bonds. The molecule has 0 spiro atoms. The number of nitrogens with zero attached hydrogens (tertiary/aromatic N) is 1. The predicted octanol–water partition coefficient (Wildman–Crippen LogP) is 2.35. The van der Waals surface area contributed by atoms with Crippen LogP contribution in [0.4, 0.5) is 5.82 Å². The van der Waals surface area contributed by atoms with Crippen molar-refractivity contribution in [2.75, 3.05) is 12.3 Å². The van der Waals surface area contributed by atoms with E-state index < -0.39 is 0 Å². The monoisotopic (exact) mass is 220 g/mol. The van der Waals surface area contributed by atoms with Crippen molar-refractivity contribution in [3.05, 3.63) is 40.7 Å². The van der Waals surface area contributed by atoms with Crippen LogP contribution in [0.15, 0.2) is 35.8 Å². The number of rotatable bonds is 4. The molecule has 2 N–H and O–H groups in total. The maximum Gasteiger partial charge on any atom is 0.166 e. The number of pyridine rings is 1. The van der Waals surface area contributed by atoms with Crippen molar-refractivity contribution in [3.8, 4) is 5.75 Å². The normalized spacial score (nSPS) is 10.1. The van der Waals surface area contributed by atoms with Crippen LogP contribution >= 0.6 is 11.3 Å². The van der Waals surface area contributed by atoms with Gasteiger partial charge in [-0.3, -0.25) is 0 Å². The molecule has 2 rings (SSSR count). The van der Waals surface area contributed by atoms with E-state index >= 15 is 0 Å². The molecule has 0 aliphatic heterocycles. The topological polar surface area (TPSA) is 48.1 Å². The molecule has 0 unspecified atom stereocenters. The Labute approximate surface area is 92.5 Å². The number of nitrogens with two attached hydrogens (primary N) is 1. The summed E-state index contributed by atoms with van der Waals surface area (Å²) in [6.07, 6.45) is 2.56. The van der Waals surface area contributed by atoms with Crippen molar-refractivity contribution < 1.29 is 4.74 Å². The highest BCUT2D eigenvalue weighted by atomic mass is 32.1. The molecule has 0 saturated heterocycles. The zero-order valence-electron chi connectivity index (χ0n) is 8.22. The van der Waals surface area contributed by atoms with Gasteiger partial charge in [0.25, 0.3) is 0 Å². The van der Waals surface area contributed by atoms with Crippen molar-refractivity contribution in [2.45, 2.75) is 6.42 Å². The Morgan fingerprint density at radius 2 is 2.27 bits per heavy atom. The van der Waals surface area contributed by atoms with Crippen LogP contribution in [0.25, 0.3) is 0 Å². The van der Waals surface area contributed by atoms with Crippen molar-refractivity contribution in [2.24, 2.45) is 0 Å². The van der Waals surface area contributed by atoms with E-state index in [4.69, 9.17) is 10.5 Å². The van der Waals surface area contributed by atoms with E-state index in [1.54, 1.807) is 17.5 Å². The van der Waals surface area contributed by atoms with Crippen LogP contribution in [0.5, 0.6) is 5.75 Å². The summed E-state index contributed by atoms with van der Waals surface area (Å²) in [5.74, 6) is 1.11. The Bertz CT molecular complexity index is 414. The summed E-state index contributed by atoms with van der Waals surface area (Å²) in [6.45, 7) is 0.635. The van der Waals surface area contributed by atoms with Crippen LogP contribution in [-0.4, -0.2) is 11.6 Å². The van der Waals surface area contributed by atoms with Gasteiger partial charge in [-0.25, -0.2) is 4.98 Å². The Morgan fingerprint density at radius 3 is 3.00 bits per heavy atom. The summed E-state index contributed by atoms with van der Waals surface area (Å²) in [5.41, 5.74) is 5.65. The third kappa shape index (κ3) is 2.70. The van der Waals surface area contributed by atoms with Gasteiger partial charge in [0.2, 0.25) is 0 Å². The Morgan fingerprint density at radius 1 is 1.33 bits per heavy atom. The first-order chi connectivity index (χ1) is 7.36. The lowest BCUT2D eigenvalue weighted by Gasteiger charge is -2.06. The molecule has 15 heavy (non-hydrogen) atoms. The molecule has 2 aromatic heterocycles. The number of thiophene rings is 1. The minimum Gasteiger partial charge on any atom is -0.489 e. The summed E-state index contributed by atoms with van der Waals surface area (Å²) < 4.78 is 5.53. The van der Waals surface area contributed by atoms with Crippen molar-refractivity contribution in [3.63, 3.8) is 0 Å². The van der Waals surface area contributed by atoms with Gasteiger partial charge in [-0.05, 0) is 23.6 Å². The standard InChI is InChI=1S/C11H12N2OS/c12-11-10(4-1-6-13-11)14-7-5-9-3-2-8-15-9/h1-4,6,8H,5,7H2,(H2,12,13). The summed E-state index contributed by atoms with van der Waals surface area (Å²) in [6, 6.07) is 7.78. The van der Waals surface area contributed by atoms with Crippen molar-refractivity contribution in [1.29, 1.82) is 0 Å². The molecular weight excluding hydrogens is 208 g/mol. The zero-order chi connectivity index (χ0) is 10.5. The van der Waals surface area contributed by atoms with Crippen molar-refractivity contribution >= 4 is 17.2 Å². The van der Waals surface area contributed by atoms with Crippen LogP contribution in [-0.2, 0) is 6.42 Å². The largest absolute Gasteiger partial charge is 0.489 e. The molecule has 0 bridgehead atoms. The zero-order valence-corrected chi connectivity index (χ0v) is 9.04. The fourth-order valence-corrected chi connectivity index (χ4v) is 1.93. The van der Waals surface area contributed by atoms with Crippen molar-refractivity contribution in [1.82, 2.24) is 4.98 Å². The third-order valence-corrected chi connectivity index (χ3v) is 2.92. The van der Waals surface area contributed by atoms with E-state index in [-0.39, 0.29) is 0 Å². The van der Waals surface area contributed by atoms with Crippen LogP contribution in [0.1, 0.15) is 4.88 Å². The molecule has 0 radical (unpaired) electrons. The fraction of sp³-hybridized carbons (Fsp3) is 0.182. The van der Waals surface area contributed by atoms with E-state index in [1.807, 2.05) is 18.2 Å². The number of ether oxygens (including phenoxy) is 1. The van der Waals surface area contributed by atoms with E-state index in [0.29, 0.717) is 18.2 Å². The van der Waals surface area contributed by atoms with Crippen LogP contribution in [0, 0.1) is 0 Å². The minimum absolute atomic E-state index is 0.448. The lowest BCUT2D eigenvalue weighted by Crippen LogP contribution is -2.03. The van der Waals surface area contributed by atoms with Gasteiger partial charge in [0.1, 0.15) is 0 Å². The number of nitrogen functional groups attached to an aromatic ring is 1. The van der Waals surface area contributed by atoms with Gasteiger partial charge >= 0.3 is 0 Å². The van der Waals surface area contributed by atoms with E-state index in [0.717, 1.165) is 6.42 Å². The quantitative estimate of drug-likeness (QED) is 0.860. The number of hydrogen-bond acceptors (Lipinski definition) is 4. The summed E-state index contributed by atoms with van der Waals surface area (Å²) in [7, 11) is 0. The number of hydrogen-bond donors (Lipinski definition) is 1. The van der Waals surface area contributed by atoms with E-state index in [2.05, 4.69) is 16.4 Å². The molecule has 2 heterocycles.